The second kappa shape index (κ2) is 8.82. The SMILES string of the molecule is CCC(C)(C)C(O)OCCOC(=O)C1CCCCC1C(O)O. The van der Waals surface area contributed by atoms with Crippen LogP contribution in [0.4, 0.5) is 0 Å². The van der Waals surface area contributed by atoms with E-state index in [-0.39, 0.29) is 18.6 Å². The van der Waals surface area contributed by atoms with E-state index in [2.05, 4.69) is 0 Å². The van der Waals surface area contributed by atoms with E-state index in [9.17, 15) is 20.1 Å². The molecule has 0 heterocycles. The Morgan fingerprint density at radius 3 is 2.41 bits per heavy atom. The Morgan fingerprint density at radius 1 is 1.18 bits per heavy atom. The molecule has 0 spiro atoms. The molecule has 0 aromatic carbocycles. The van der Waals surface area contributed by atoms with Crippen LogP contribution in [-0.4, -0.2) is 47.1 Å². The van der Waals surface area contributed by atoms with Gasteiger partial charge in [-0.25, -0.2) is 0 Å². The molecule has 0 aromatic rings. The molecule has 1 aliphatic carbocycles. The third kappa shape index (κ3) is 5.50. The summed E-state index contributed by atoms with van der Waals surface area (Å²) >= 11 is 0. The van der Waals surface area contributed by atoms with Crippen molar-refractivity contribution >= 4 is 5.97 Å². The summed E-state index contributed by atoms with van der Waals surface area (Å²) in [5.74, 6) is -1.33. The zero-order valence-corrected chi connectivity index (χ0v) is 13.8. The van der Waals surface area contributed by atoms with Gasteiger partial charge in [0.05, 0.1) is 12.5 Å². The Morgan fingerprint density at radius 2 is 1.82 bits per heavy atom. The van der Waals surface area contributed by atoms with Gasteiger partial charge in [0.25, 0.3) is 0 Å². The van der Waals surface area contributed by atoms with E-state index in [1.54, 1.807) is 0 Å². The maximum Gasteiger partial charge on any atom is 0.309 e. The van der Waals surface area contributed by atoms with E-state index in [0.29, 0.717) is 12.8 Å². The molecule has 3 N–H and O–H groups in total. The summed E-state index contributed by atoms with van der Waals surface area (Å²) in [4.78, 5) is 12.0. The number of rotatable bonds is 8. The fourth-order valence-electron chi connectivity index (χ4n) is 2.62. The zero-order chi connectivity index (χ0) is 16.8. The molecule has 0 aromatic heterocycles. The van der Waals surface area contributed by atoms with Gasteiger partial charge in [-0.15, -0.1) is 0 Å². The molecule has 1 aliphatic rings. The second-order valence-corrected chi connectivity index (χ2v) is 6.70. The summed E-state index contributed by atoms with van der Waals surface area (Å²) in [5.41, 5.74) is -0.348. The van der Waals surface area contributed by atoms with Gasteiger partial charge in [-0.2, -0.15) is 0 Å². The highest BCUT2D eigenvalue weighted by Crippen LogP contribution is 2.32. The Labute approximate surface area is 132 Å². The maximum atomic E-state index is 12.0. The van der Waals surface area contributed by atoms with Crippen molar-refractivity contribution in [3.05, 3.63) is 0 Å². The maximum absolute atomic E-state index is 12.0. The standard InChI is InChI=1S/C16H30O6/c1-4-16(2,3)15(20)22-10-9-21-14(19)12-8-6-5-7-11(12)13(17)18/h11-13,15,17-18,20H,4-10H2,1-3H3. The molecule has 0 saturated heterocycles. The Kier molecular flexibility index (Phi) is 7.76. The number of carbonyl (C=O) groups is 1. The van der Waals surface area contributed by atoms with Crippen LogP contribution in [0.15, 0.2) is 0 Å². The molecule has 0 radical (unpaired) electrons. The van der Waals surface area contributed by atoms with Crippen molar-refractivity contribution < 1.29 is 29.6 Å². The van der Waals surface area contributed by atoms with Crippen LogP contribution in [0.1, 0.15) is 52.9 Å². The highest BCUT2D eigenvalue weighted by molar-refractivity contribution is 5.73. The van der Waals surface area contributed by atoms with Crippen molar-refractivity contribution in [3.8, 4) is 0 Å². The number of carbonyl (C=O) groups excluding carboxylic acids is 1. The average molecular weight is 318 g/mol. The van der Waals surface area contributed by atoms with Crippen LogP contribution in [0.2, 0.25) is 0 Å². The van der Waals surface area contributed by atoms with Gasteiger partial charge >= 0.3 is 5.97 Å². The first-order chi connectivity index (χ1) is 10.3. The topological polar surface area (TPSA) is 96.2 Å². The molecule has 3 atom stereocenters. The number of ether oxygens (including phenoxy) is 2. The van der Waals surface area contributed by atoms with Crippen molar-refractivity contribution in [1.29, 1.82) is 0 Å². The lowest BCUT2D eigenvalue weighted by atomic mass is 9.79. The Hall–Kier alpha value is -0.690. The van der Waals surface area contributed by atoms with Crippen LogP contribution in [0.3, 0.4) is 0 Å². The lowest BCUT2D eigenvalue weighted by Gasteiger charge is -2.31. The van der Waals surface area contributed by atoms with Gasteiger partial charge in [0.1, 0.15) is 6.61 Å². The normalized spacial score (nSPS) is 24.3. The van der Waals surface area contributed by atoms with Crippen molar-refractivity contribution in [3.63, 3.8) is 0 Å². The summed E-state index contributed by atoms with van der Waals surface area (Å²) in [6, 6.07) is 0. The number of esters is 1. The van der Waals surface area contributed by atoms with E-state index >= 15 is 0 Å². The minimum Gasteiger partial charge on any atom is -0.463 e. The molecule has 0 bridgehead atoms. The largest absolute Gasteiger partial charge is 0.463 e. The lowest BCUT2D eigenvalue weighted by molar-refractivity contribution is -0.182. The molecule has 1 rings (SSSR count). The van der Waals surface area contributed by atoms with E-state index in [4.69, 9.17) is 9.47 Å². The molecule has 1 fully saturated rings. The lowest BCUT2D eigenvalue weighted by Crippen LogP contribution is -2.37. The van der Waals surface area contributed by atoms with Gasteiger partial charge < -0.3 is 24.8 Å². The zero-order valence-electron chi connectivity index (χ0n) is 13.8. The molecule has 1 saturated carbocycles. The van der Waals surface area contributed by atoms with E-state index in [0.717, 1.165) is 19.3 Å². The van der Waals surface area contributed by atoms with Gasteiger partial charge in [-0.3, -0.25) is 4.79 Å². The van der Waals surface area contributed by atoms with Gasteiger partial charge in [0.2, 0.25) is 0 Å². The quantitative estimate of drug-likeness (QED) is 0.356. The molecular weight excluding hydrogens is 288 g/mol. The molecule has 6 heteroatoms. The first kappa shape index (κ1) is 19.4. The van der Waals surface area contributed by atoms with Crippen molar-refractivity contribution in [2.45, 2.75) is 65.5 Å². The van der Waals surface area contributed by atoms with Crippen LogP contribution in [0.5, 0.6) is 0 Å². The molecule has 6 nitrogen and oxygen atoms in total. The Balaban J connectivity index is 2.33. The predicted octanol–water partition coefficient (Wildman–Crippen LogP) is 1.42. The molecule has 22 heavy (non-hydrogen) atoms. The summed E-state index contributed by atoms with van der Waals surface area (Å²) in [6.45, 7) is 5.95. The van der Waals surface area contributed by atoms with E-state index < -0.39 is 30.4 Å². The molecule has 130 valence electrons. The average Bonchev–Trinajstić information content (AvgIpc) is 2.50. The van der Waals surface area contributed by atoms with E-state index in [1.165, 1.54) is 0 Å². The number of hydrogen-bond acceptors (Lipinski definition) is 6. The van der Waals surface area contributed by atoms with Crippen molar-refractivity contribution in [2.24, 2.45) is 17.3 Å². The molecule has 0 aliphatic heterocycles. The summed E-state index contributed by atoms with van der Waals surface area (Å²) in [6.07, 6.45) is 1.41. The van der Waals surface area contributed by atoms with Gasteiger partial charge in [-0.05, 0) is 19.3 Å². The van der Waals surface area contributed by atoms with Crippen LogP contribution in [-0.2, 0) is 14.3 Å². The fourth-order valence-corrected chi connectivity index (χ4v) is 2.62. The summed E-state index contributed by atoms with van der Waals surface area (Å²) < 4.78 is 10.5. The van der Waals surface area contributed by atoms with Gasteiger partial charge in [-0.1, -0.05) is 33.6 Å². The van der Waals surface area contributed by atoms with Crippen LogP contribution in [0.25, 0.3) is 0 Å². The Bertz CT molecular complexity index is 342. The predicted molar refractivity (Wildman–Crippen MR) is 80.7 cm³/mol. The van der Waals surface area contributed by atoms with Crippen molar-refractivity contribution in [2.75, 3.05) is 13.2 Å². The van der Waals surface area contributed by atoms with Gasteiger partial charge in [0, 0.05) is 11.3 Å². The molecular formula is C16H30O6. The molecule has 0 amide bonds. The van der Waals surface area contributed by atoms with E-state index in [1.807, 2.05) is 20.8 Å². The third-order valence-electron chi connectivity index (χ3n) is 4.69. The van der Waals surface area contributed by atoms with Crippen LogP contribution < -0.4 is 0 Å². The highest BCUT2D eigenvalue weighted by Gasteiger charge is 2.36. The second-order valence-electron chi connectivity index (χ2n) is 6.70. The minimum atomic E-state index is -1.48. The van der Waals surface area contributed by atoms with Gasteiger partial charge in [0.15, 0.2) is 12.6 Å². The number of aliphatic hydroxyl groups is 3. The third-order valence-corrected chi connectivity index (χ3v) is 4.69. The van der Waals surface area contributed by atoms with Crippen LogP contribution >= 0.6 is 0 Å². The summed E-state index contributed by atoms with van der Waals surface area (Å²) in [7, 11) is 0. The fraction of sp³-hybridized carbons (Fsp3) is 0.938. The first-order valence-corrected chi connectivity index (χ1v) is 8.12. The number of hydrogen-bond donors (Lipinski definition) is 3. The van der Waals surface area contributed by atoms with Crippen molar-refractivity contribution in [1.82, 2.24) is 0 Å². The monoisotopic (exact) mass is 318 g/mol. The first-order valence-electron chi connectivity index (χ1n) is 8.12. The minimum absolute atomic E-state index is 0.0560. The summed E-state index contributed by atoms with van der Waals surface area (Å²) in [5, 5.41) is 28.6. The molecule has 3 unspecified atom stereocenters. The number of aliphatic hydroxyl groups excluding tert-OH is 2. The van der Waals surface area contributed by atoms with Crippen LogP contribution in [0, 0.1) is 17.3 Å². The smallest absolute Gasteiger partial charge is 0.309 e. The highest BCUT2D eigenvalue weighted by atomic mass is 16.6.